The van der Waals surface area contributed by atoms with Crippen molar-refractivity contribution >= 4 is 15.7 Å². The molecule has 8 heteroatoms. The molecule has 2 heterocycles. The van der Waals surface area contributed by atoms with Crippen LogP contribution in [0.3, 0.4) is 0 Å². The van der Waals surface area contributed by atoms with Crippen LogP contribution in [0, 0.1) is 5.92 Å². The lowest BCUT2D eigenvalue weighted by atomic mass is 9.94. The highest BCUT2D eigenvalue weighted by atomic mass is 32.2. The molecular formula is C21H26N4O3S. The third kappa shape index (κ3) is 4.17. The number of nitrogen functional groups attached to an aromatic ring is 1. The summed E-state index contributed by atoms with van der Waals surface area (Å²) in [5, 5.41) is 3.67. The second-order valence-corrected chi connectivity index (χ2v) is 10.3. The average Bonchev–Trinajstić information content (AvgIpc) is 3.17. The second kappa shape index (κ2) is 7.94. The highest BCUT2D eigenvalue weighted by Gasteiger charge is 2.21. The predicted molar refractivity (Wildman–Crippen MR) is 113 cm³/mol. The smallest absolute Gasteiger partial charge is 0.189 e. The van der Waals surface area contributed by atoms with Gasteiger partial charge in [0.1, 0.15) is 0 Å². The van der Waals surface area contributed by atoms with Gasteiger partial charge in [0.05, 0.1) is 27.7 Å². The third-order valence-corrected chi connectivity index (χ3v) is 7.30. The lowest BCUT2D eigenvalue weighted by molar-refractivity contribution is 0.403. The van der Waals surface area contributed by atoms with Crippen LogP contribution in [0.2, 0.25) is 0 Å². The molecule has 0 spiro atoms. The molecule has 3 rings (SSSR count). The minimum Gasteiger partial charge on any atom is -0.382 e. The van der Waals surface area contributed by atoms with Crippen LogP contribution < -0.4 is 5.73 Å². The van der Waals surface area contributed by atoms with Gasteiger partial charge in [0.2, 0.25) is 0 Å². The monoisotopic (exact) mass is 414 g/mol. The molecule has 0 aliphatic heterocycles. The Labute approximate surface area is 171 Å². The van der Waals surface area contributed by atoms with Crippen LogP contribution in [0.5, 0.6) is 0 Å². The van der Waals surface area contributed by atoms with E-state index in [9.17, 15) is 8.42 Å². The normalized spacial score (nSPS) is 13.2. The Kier molecular flexibility index (Phi) is 5.75. The van der Waals surface area contributed by atoms with Crippen LogP contribution in [0.1, 0.15) is 46.2 Å². The molecule has 0 saturated heterocycles. The molecule has 0 aliphatic carbocycles. The Hall–Kier alpha value is -2.74. The number of sulfone groups is 1. The first kappa shape index (κ1) is 21.0. The van der Waals surface area contributed by atoms with Crippen molar-refractivity contribution in [3.8, 4) is 22.7 Å². The first-order chi connectivity index (χ1) is 13.6. The molecule has 0 fully saturated rings. The Morgan fingerprint density at radius 2 is 1.69 bits per heavy atom. The Balaban J connectivity index is 1.96. The molecule has 1 atom stereocenters. The van der Waals surface area contributed by atoms with Crippen LogP contribution in [0.4, 0.5) is 5.82 Å². The van der Waals surface area contributed by atoms with E-state index in [1.807, 2.05) is 6.07 Å². The summed E-state index contributed by atoms with van der Waals surface area (Å²) in [5.74, 6) is 1.36. The Bertz CT molecular complexity index is 1100. The summed E-state index contributed by atoms with van der Waals surface area (Å²) in [6.07, 6.45) is 1.55. The molecule has 3 aromatic rings. The molecule has 0 radical (unpaired) electrons. The van der Waals surface area contributed by atoms with Gasteiger partial charge in [-0.05, 0) is 31.9 Å². The molecule has 0 amide bonds. The maximum absolute atomic E-state index is 12.3. The lowest BCUT2D eigenvalue weighted by Gasteiger charge is -2.10. The topological polar surface area (TPSA) is 112 Å². The molecular weight excluding hydrogens is 388 g/mol. The van der Waals surface area contributed by atoms with Crippen molar-refractivity contribution in [1.29, 1.82) is 0 Å². The summed E-state index contributed by atoms with van der Waals surface area (Å²) in [7, 11) is -3.33. The minimum absolute atomic E-state index is 0.236. The fourth-order valence-corrected chi connectivity index (χ4v) is 3.82. The van der Waals surface area contributed by atoms with Crippen LogP contribution in [0.25, 0.3) is 22.7 Å². The highest BCUT2D eigenvalue weighted by Crippen LogP contribution is 2.30. The van der Waals surface area contributed by atoms with Crippen molar-refractivity contribution in [2.24, 2.45) is 5.92 Å². The van der Waals surface area contributed by atoms with Gasteiger partial charge < -0.3 is 10.3 Å². The summed E-state index contributed by atoms with van der Waals surface area (Å²) < 4.78 is 30.1. The quantitative estimate of drug-likeness (QED) is 0.639. The average molecular weight is 415 g/mol. The lowest BCUT2D eigenvalue weighted by Crippen LogP contribution is -2.13. The zero-order chi connectivity index (χ0) is 21.3. The van der Waals surface area contributed by atoms with Crippen molar-refractivity contribution in [3.63, 3.8) is 0 Å². The number of benzene rings is 1. The molecule has 29 heavy (non-hydrogen) atoms. The zero-order valence-corrected chi connectivity index (χ0v) is 18.1. The standard InChI is InChI=1S/C21H26N4O3S/c1-12(2)14(5)17-10-19(28-25-17)20-21(22)23-11-18(24-20)15-6-8-16(9-7-15)29(26,27)13(3)4/h6-14H,1-5H3,(H2,22,23). The van der Waals surface area contributed by atoms with E-state index in [1.165, 1.54) is 0 Å². The van der Waals surface area contributed by atoms with Gasteiger partial charge in [0.25, 0.3) is 0 Å². The van der Waals surface area contributed by atoms with Crippen LogP contribution in [-0.4, -0.2) is 28.8 Å². The summed E-state index contributed by atoms with van der Waals surface area (Å²) in [5.41, 5.74) is 8.57. The third-order valence-electron chi connectivity index (χ3n) is 5.13. The van der Waals surface area contributed by atoms with E-state index in [-0.39, 0.29) is 16.6 Å². The van der Waals surface area contributed by atoms with Crippen molar-refractivity contribution in [2.75, 3.05) is 5.73 Å². The van der Waals surface area contributed by atoms with E-state index in [4.69, 9.17) is 10.3 Å². The highest BCUT2D eigenvalue weighted by molar-refractivity contribution is 7.92. The van der Waals surface area contributed by atoms with Gasteiger partial charge in [-0.1, -0.05) is 38.1 Å². The van der Waals surface area contributed by atoms with E-state index >= 15 is 0 Å². The molecule has 7 nitrogen and oxygen atoms in total. The SMILES string of the molecule is CC(C)C(C)c1cc(-c2nc(-c3ccc(S(=O)(=O)C(C)C)cc3)cnc2N)on1. The minimum atomic E-state index is -3.33. The van der Waals surface area contributed by atoms with Crippen molar-refractivity contribution < 1.29 is 12.9 Å². The second-order valence-electron chi connectivity index (χ2n) is 7.76. The largest absolute Gasteiger partial charge is 0.382 e. The summed E-state index contributed by atoms with van der Waals surface area (Å²) in [6.45, 7) is 9.65. The van der Waals surface area contributed by atoms with E-state index in [2.05, 4.69) is 35.9 Å². The van der Waals surface area contributed by atoms with E-state index in [0.717, 1.165) is 11.3 Å². The van der Waals surface area contributed by atoms with E-state index in [1.54, 1.807) is 44.3 Å². The number of anilines is 1. The number of aromatic nitrogens is 3. The number of rotatable bonds is 6. The van der Waals surface area contributed by atoms with Crippen LogP contribution >= 0.6 is 0 Å². The number of nitrogens with zero attached hydrogens (tertiary/aromatic N) is 3. The Morgan fingerprint density at radius 1 is 1.03 bits per heavy atom. The van der Waals surface area contributed by atoms with Gasteiger partial charge >= 0.3 is 0 Å². The fraction of sp³-hybridized carbons (Fsp3) is 0.381. The number of nitrogens with two attached hydrogens (primary N) is 1. The first-order valence-electron chi connectivity index (χ1n) is 9.55. The molecule has 0 aliphatic rings. The molecule has 0 bridgehead atoms. The van der Waals surface area contributed by atoms with Gasteiger partial charge in [-0.25, -0.2) is 18.4 Å². The van der Waals surface area contributed by atoms with Gasteiger partial charge in [-0.15, -0.1) is 0 Å². The maximum atomic E-state index is 12.3. The van der Waals surface area contributed by atoms with E-state index < -0.39 is 15.1 Å². The van der Waals surface area contributed by atoms with Crippen LogP contribution in [-0.2, 0) is 9.84 Å². The number of hydrogen-bond donors (Lipinski definition) is 1. The molecule has 1 unspecified atom stereocenters. The molecule has 2 aromatic heterocycles. The van der Waals surface area contributed by atoms with Gasteiger partial charge in [0.15, 0.2) is 27.1 Å². The van der Waals surface area contributed by atoms with Crippen molar-refractivity contribution in [2.45, 2.75) is 50.7 Å². The molecule has 154 valence electrons. The summed E-state index contributed by atoms with van der Waals surface area (Å²) >= 11 is 0. The van der Waals surface area contributed by atoms with Crippen molar-refractivity contribution in [1.82, 2.24) is 15.1 Å². The molecule has 2 N–H and O–H groups in total. The van der Waals surface area contributed by atoms with Gasteiger partial charge in [0, 0.05) is 17.5 Å². The predicted octanol–water partition coefficient (Wildman–Crippen LogP) is 4.32. The van der Waals surface area contributed by atoms with E-state index in [0.29, 0.717) is 23.1 Å². The zero-order valence-electron chi connectivity index (χ0n) is 17.2. The summed E-state index contributed by atoms with van der Waals surface area (Å²) in [6, 6.07) is 8.43. The van der Waals surface area contributed by atoms with Crippen LogP contribution in [0.15, 0.2) is 45.9 Å². The maximum Gasteiger partial charge on any atom is 0.189 e. The fourth-order valence-electron chi connectivity index (χ4n) is 2.76. The number of hydrogen-bond acceptors (Lipinski definition) is 7. The summed E-state index contributed by atoms with van der Waals surface area (Å²) in [4.78, 5) is 9.10. The molecule has 0 saturated carbocycles. The Morgan fingerprint density at radius 3 is 2.28 bits per heavy atom. The van der Waals surface area contributed by atoms with Gasteiger partial charge in [-0.3, -0.25) is 0 Å². The van der Waals surface area contributed by atoms with Crippen molar-refractivity contribution in [3.05, 3.63) is 42.2 Å². The molecule has 1 aromatic carbocycles. The first-order valence-corrected chi connectivity index (χ1v) is 11.1. The van der Waals surface area contributed by atoms with Gasteiger partial charge in [-0.2, -0.15) is 0 Å².